The van der Waals surface area contributed by atoms with Gasteiger partial charge in [0.05, 0.1) is 0 Å². The number of para-hydroxylation sites is 1. The minimum atomic E-state index is 0.801. The Morgan fingerprint density at radius 1 is 0.895 bits per heavy atom. The maximum Gasteiger partial charge on any atom is 0.0359 e. The molecule has 0 aliphatic heterocycles. The van der Waals surface area contributed by atoms with Crippen LogP contribution in [-0.4, -0.2) is 17.0 Å². The molecule has 3 rings (SSSR count). The number of nitrogens with two attached hydrogens (primary N) is 1. The molecule has 2 N–H and O–H groups in total. The molecule has 0 unspecified atom stereocenters. The van der Waals surface area contributed by atoms with Crippen LogP contribution < -0.4 is 5.73 Å². The summed E-state index contributed by atoms with van der Waals surface area (Å²) in [5, 5.41) is 0. The van der Waals surface area contributed by atoms with E-state index in [-0.39, 0.29) is 0 Å². The first-order valence-electron chi connectivity index (χ1n) is 7.94. The Bertz CT molecular complexity index is 403. The summed E-state index contributed by atoms with van der Waals surface area (Å²) in [4.78, 5) is 2.76. The van der Waals surface area contributed by atoms with E-state index in [4.69, 9.17) is 5.73 Å². The second kappa shape index (κ2) is 5.96. The fourth-order valence-corrected chi connectivity index (χ4v) is 3.43. The van der Waals surface area contributed by atoms with Crippen LogP contribution in [0.4, 0.5) is 5.69 Å². The Hall–Kier alpha value is -1.02. The average Bonchev–Trinajstić information content (AvgIpc) is 3.25. The van der Waals surface area contributed by atoms with E-state index in [1.165, 1.54) is 56.9 Å². The van der Waals surface area contributed by atoms with Crippen molar-refractivity contribution in [3.05, 3.63) is 29.8 Å². The number of benzene rings is 1. The standard InChI is InChI=1S/C17H26N2/c18-17-10-6-5-7-14(17)13-19(16-11-12-16)15-8-3-1-2-4-9-15/h5-7,10,15-16H,1-4,8-9,11-13,18H2. The van der Waals surface area contributed by atoms with Crippen molar-refractivity contribution in [1.82, 2.24) is 4.90 Å². The van der Waals surface area contributed by atoms with Gasteiger partial charge >= 0.3 is 0 Å². The molecule has 0 bridgehead atoms. The zero-order valence-electron chi connectivity index (χ0n) is 11.9. The Kier molecular flexibility index (Phi) is 4.07. The molecule has 2 nitrogen and oxygen atoms in total. The molecular formula is C17H26N2. The summed E-state index contributed by atoms with van der Waals surface area (Å²) < 4.78 is 0. The van der Waals surface area contributed by atoms with Crippen LogP contribution in [0.3, 0.4) is 0 Å². The fraction of sp³-hybridized carbons (Fsp3) is 0.647. The van der Waals surface area contributed by atoms with Crippen molar-refractivity contribution in [3.8, 4) is 0 Å². The minimum absolute atomic E-state index is 0.801. The van der Waals surface area contributed by atoms with Crippen molar-refractivity contribution >= 4 is 5.69 Å². The third-order valence-electron chi connectivity index (χ3n) is 4.72. The van der Waals surface area contributed by atoms with Gasteiger partial charge in [0.25, 0.3) is 0 Å². The van der Waals surface area contributed by atoms with Gasteiger partial charge in [-0.25, -0.2) is 0 Å². The minimum Gasteiger partial charge on any atom is -0.398 e. The fourth-order valence-electron chi connectivity index (χ4n) is 3.43. The SMILES string of the molecule is Nc1ccccc1CN(C1CCCCCC1)C1CC1. The molecule has 1 aromatic rings. The lowest BCUT2D eigenvalue weighted by Gasteiger charge is -2.31. The third kappa shape index (κ3) is 3.30. The van der Waals surface area contributed by atoms with Crippen LogP contribution in [0.5, 0.6) is 0 Å². The van der Waals surface area contributed by atoms with Crippen LogP contribution in [0.1, 0.15) is 56.9 Å². The van der Waals surface area contributed by atoms with Crippen LogP contribution in [0.15, 0.2) is 24.3 Å². The second-order valence-electron chi connectivity index (χ2n) is 6.25. The predicted molar refractivity (Wildman–Crippen MR) is 80.9 cm³/mol. The van der Waals surface area contributed by atoms with E-state index in [0.29, 0.717) is 0 Å². The van der Waals surface area contributed by atoms with Gasteiger partial charge in [0.15, 0.2) is 0 Å². The summed E-state index contributed by atoms with van der Waals surface area (Å²) >= 11 is 0. The van der Waals surface area contributed by atoms with Crippen LogP contribution in [0, 0.1) is 0 Å². The first-order chi connectivity index (χ1) is 9.34. The summed E-state index contributed by atoms with van der Waals surface area (Å²) in [5.41, 5.74) is 8.40. The molecule has 2 heteroatoms. The van der Waals surface area contributed by atoms with E-state index in [9.17, 15) is 0 Å². The van der Waals surface area contributed by atoms with Crippen molar-refractivity contribution in [2.45, 2.75) is 70.0 Å². The van der Waals surface area contributed by atoms with Crippen molar-refractivity contribution in [1.29, 1.82) is 0 Å². The number of rotatable bonds is 4. The molecule has 19 heavy (non-hydrogen) atoms. The molecule has 0 atom stereocenters. The lowest BCUT2D eigenvalue weighted by Crippen LogP contribution is -2.36. The van der Waals surface area contributed by atoms with E-state index in [2.05, 4.69) is 17.0 Å². The van der Waals surface area contributed by atoms with Gasteiger partial charge in [-0.1, -0.05) is 43.9 Å². The molecule has 0 aromatic heterocycles. The van der Waals surface area contributed by atoms with Crippen LogP contribution >= 0.6 is 0 Å². The molecule has 0 saturated heterocycles. The summed E-state index contributed by atoms with van der Waals surface area (Å²) in [6, 6.07) is 10.0. The zero-order chi connectivity index (χ0) is 13.1. The van der Waals surface area contributed by atoms with Crippen molar-refractivity contribution in [2.24, 2.45) is 0 Å². The quantitative estimate of drug-likeness (QED) is 0.654. The number of hydrogen-bond acceptors (Lipinski definition) is 2. The van der Waals surface area contributed by atoms with Gasteiger partial charge in [-0.05, 0) is 37.3 Å². The lowest BCUT2D eigenvalue weighted by molar-refractivity contribution is 0.160. The number of hydrogen-bond donors (Lipinski definition) is 1. The third-order valence-corrected chi connectivity index (χ3v) is 4.72. The smallest absolute Gasteiger partial charge is 0.0359 e. The number of nitrogens with zero attached hydrogens (tertiary/aromatic N) is 1. The molecule has 2 fully saturated rings. The number of nitrogen functional groups attached to an aromatic ring is 1. The van der Waals surface area contributed by atoms with E-state index >= 15 is 0 Å². The first-order valence-corrected chi connectivity index (χ1v) is 7.94. The number of anilines is 1. The Labute approximate surface area is 117 Å². The first kappa shape index (κ1) is 13.0. The Morgan fingerprint density at radius 3 is 2.16 bits per heavy atom. The molecule has 2 aliphatic carbocycles. The second-order valence-corrected chi connectivity index (χ2v) is 6.25. The summed E-state index contributed by atoms with van der Waals surface area (Å²) in [6.07, 6.45) is 11.3. The maximum atomic E-state index is 6.12. The van der Waals surface area contributed by atoms with Gasteiger partial charge in [0.1, 0.15) is 0 Å². The van der Waals surface area contributed by atoms with E-state index < -0.39 is 0 Å². The maximum absolute atomic E-state index is 6.12. The topological polar surface area (TPSA) is 29.3 Å². The largest absolute Gasteiger partial charge is 0.398 e. The average molecular weight is 258 g/mol. The van der Waals surface area contributed by atoms with Crippen molar-refractivity contribution in [3.63, 3.8) is 0 Å². The van der Waals surface area contributed by atoms with Gasteiger partial charge in [-0.2, -0.15) is 0 Å². The van der Waals surface area contributed by atoms with Crippen LogP contribution in [0.25, 0.3) is 0 Å². The van der Waals surface area contributed by atoms with E-state index in [1.807, 2.05) is 12.1 Å². The Balaban J connectivity index is 1.72. The molecular weight excluding hydrogens is 232 g/mol. The molecule has 0 heterocycles. The summed E-state index contributed by atoms with van der Waals surface area (Å²) in [6.45, 7) is 1.06. The lowest BCUT2D eigenvalue weighted by atomic mass is 10.0. The Morgan fingerprint density at radius 2 is 1.53 bits per heavy atom. The van der Waals surface area contributed by atoms with Gasteiger partial charge < -0.3 is 5.73 Å². The summed E-state index contributed by atoms with van der Waals surface area (Å²) in [7, 11) is 0. The van der Waals surface area contributed by atoms with E-state index in [0.717, 1.165) is 24.3 Å². The van der Waals surface area contributed by atoms with E-state index in [1.54, 1.807) is 0 Å². The van der Waals surface area contributed by atoms with Crippen molar-refractivity contribution < 1.29 is 0 Å². The molecule has 2 saturated carbocycles. The highest BCUT2D eigenvalue weighted by molar-refractivity contribution is 5.46. The molecule has 0 spiro atoms. The normalized spacial score (nSPS) is 21.5. The molecule has 0 radical (unpaired) electrons. The monoisotopic (exact) mass is 258 g/mol. The molecule has 2 aliphatic rings. The van der Waals surface area contributed by atoms with Gasteiger partial charge in [-0.15, -0.1) is 0 Å². The van der Waals surface area contributed by atoms with Gasteiger partial charge in [0, 0.05) is 24.3 Å². The van der Waals surface area contributed by atoms with Crippen LogP contribution in [0.2, 0.25) is 0 Å². The highest BCUT2D eigenvalue weighted by Gasteiger charge is 2.34. The molecule has 104 valence electrons. The van der Waals surface area contributed by atoms with Gasteiger partial charge in [-0.3, -0.25) is 4.90 Å². The summed E-state index contributed by atoms with van der Waals surface area (Å²) in [5.74, 6) is 0. The van der Waals surface area contributed by atoms with Crippen LogP contribution in [-0.2, 0) is 6.54 Å². The highest BCUT2D eigenvalue weighted by Crippen LogP contribution is 2.35. The highest BCUT2D eigenvalue weighted by atomic mass is 15.2. The predicted octanol–water partition coefficient (Wildman–Crippen LogP) is 3.96. The zero-order valence-corrected chi connectivity index (χ0v) is 11.9. The van der Waals surface area contributed by atoms with Gasteiger partial charge in [0.2, 0.25) is 0 Å². The van der Waals surface area contributed by atoms with Crippen molar-refractivity contribution in [2.75, 3.05) is 5.73 Å². The molecule has 0 amide bonds. The molecule has 1 aromatic carbocycles.